The van der Waals surface area contributed by atoms with Gasteiger partial charge in [0.25, 0.3) is 0 Å². The topological polar surface area (TPSA) is 83.7 Å². The number of aliphatic hydroxyl groups is 1. The molecule has 7 heteroatoms. The smallest absolute Gasteiger partial charge is 0.191 e. The molecule has 0 radical (unpaired) electrons. The van der Waals surface area contributed by atoms with E-state index in [9.17, 15) is 5.11 Å². The molecular formula is C24H33N5O2. The molecule has 3 aromatic rings. The Bertz CT molecular complexity index is 966. The SMILES string of the molecule is CCNC(=NCC(O)c1ccc(OC(C)C)cc1)NCCCn1cnc2ccccc21. The third-order valence-corrected chi connectivity index (χ3v) is 4.80. The van der Waals surface area contributed by atoms with E-state index in [1.165, 1.54) is 0 Å². The van der Waals surface area contributed by atoms with Crippen molar-refractivity contribution in [3.05, 3.63) is 60.4 Å². The molecule has 0 aliphatic carbocycles. The number of para-hydroxylation sites is 2. The highest BCUT2D eigenvalue weighted by Gasteiger charge is 2.08. The summed E-state index contributed by atoms with van der Waals surface area (Å²) in [7, 11) is 0. The first-order valence-electron chi connectivity index (χ1n) is 10.9. The zero-order valence-electron chi connectivity index (χ0n) is 18.6. The number of benzene rings is 2. The maximum Gasteiger partial charge on any atom is 0.191 e. The molecule has 0 amide bonds. The third-order valence-electron chi connectivity index (χ3n) is 4.80. The molecule has 0 saturated carbocycles. The second-order valence-corrected chi connectivity index (χ2v) is 7.68. The number of ether oxygens (including phenoxy) is 1. The average molecular weight is 424 g/mol. The summed E-state index contributed by atoms with van der Waals surface area (Å²) in [5, 5.41) is 17.1. The predicted octanol–water partition coefficient (Wildman–Crippen LogP) is 3.50. The average Bonchev–Trinajstić information content (AvgIpc) is 3.18. The minimum atomic E-state index is -0.666. The van der Waals surface area contributed by atoms with Crippen molar-refractivity contribution in [2.24, 2.45) is 4.99 Å². The van der Waals surface area contributed by atoms with E-state index in [0.717, 1.165) is 48.4 Å². The number of nitrogens with zero attached hydrogens (tertiary/aromatic N) is 3. The van der Waals surface area contributed by atoms with Crippen LogP contribution in [0.25, 0.3) is 11.0 Å². The molecule has 1 heterocycles. The number of hydrogen-bond donors (Lipinski definition) is 3. The monoisotopic (exact) mass is 423 g/mol. The van der Waals surface area contributed by atoms with Gasteiger partial charge in [-0.25, -0.2) is 4.98 Å². The summed E-state index contributed by atoms with van der Waals surface area (Å²) >= 11 is 0. The summed E-state index contributed by atoms with van der Waals surface area (Å²) in [5.74, 6) is 1.51. The lowest BCUT2D eigenvalue weighted by atomic mass is 10.1. The van der Waals surface area contributed by atoms with Crippen molar-refractivity contribution < 1.29 is 9.84 Å². The van der Waals surface area contributed by atoms with Crippen molar-refractivity contribution in [1.29, 1.82) is 0 Å². The van der Waals surface area contributed by atoms with E-state index >= 15 is 0 Å². The highest BCUT2D eigenvalue weighted by Crippen LogP contribution is 2.19. The van der Waals surface area contributed by atoms with Gasteiger partial charge in [-0.2, -0.15) is 0 Å². The van der Waals surface area contributed by atoms with Crippen LogP contribution in [0, 0.1) is 0 Å². The van der Waals surface area contributed by atoms with Crippen LogP contribution in [0.2, 0.25) is 0 Å². The van der Waals surface area contributed by atoms with Gasteiger partial charge in [0, 0.05) is 19.6 Å². The number of imidazole rings is 1. The molecule has 0 aliphatic heterocycles. The largest absolute Gasteiger partial charge is 0.491 e. The highest BCUT2D eigenvalue weighted by atomic mass is 16.5. The van der Waals surface area contributed by atoms with Crippen LogP contribution in [0.3, 0.4) is 0 Å². The Morgan fingerprint density at radius 1 is 1.13 bits per heavy atom. The minimum Gasteiger partial charge on any atom is -0.491 e. The minimum absolute atomic E-state index is 0.127. The van der Waals surface area contributed by atoms with Crippen molar-refractivity contribution in [1.82, 2.24) is 20.2 Å². The molecule has 1 atom stereocenters. The molecule has 3 N–H and O–H groups in total. The summed E-state index contributed by atoms with van der Waals surface area (Å²) in [6, 6.07) is 15.7. The zero-order chi connectivity index (χ0) is 22.1. The first-order chi connectivity index (χ1) is 15.1. The van der Waals surface area contributed by atoms with Gasteiger partial charge in [-0.05, 0) is 57.0 Å². The lowest BCUT2D eigenvalue weighted by molar-refractivity contribution is 0.186. The molecule has 0 saturated heterocycles. The first kappa shape index (κ1) is 22.6. The van der Waals surface area contributed by atoms with Crippen molar-refractivity contribution >= 4 is 17.0 Å². The maximum atomic E-state index is 10.5. The number of guanidine groups is 1. The van der Waals surface area contributed by atoms with Crippen LogP contribution in [-0.2, 0) is 6.54 Å². The van der Waals surface area contributed by atoms with Gasteiger partial charge in [0.05, 0.1) is 36.1 Å². The van der Waals surface area contributed by atoms with Crippen molar-refractivity contribution in [3.63, 3.8) is 0 Å². The quantitative estimate of drug-likeness (QED) is 0.264. The van der Waals surface area contributed by atoms with Gasteiger partial charge < -0.3 is 25.0 Å². The van der Waals surface area contributed by atoms with E-state index in [2.05, 4.69) is 31.2 Å². The van der Waals surface area contributed by atoms with Crippen LogP contribution in [0.15, 0.2) is 59.9 Å². The van der Waals surface area contributed by atoms with Gasteiger partial charge in [-0.3, -0.25) is 4.99 Å². The van der Waals surface area contributed by atoms with Crippen LogP contribution in [0.1, 0.15) is 38.9 Å². The number of hydrogen-bond acceptors (Lipinski definition) is 4. The van der Waals surface area contributed by atoms with Crippen LogP contribution < -0.4 is 15.4 Å². The summed E-state index contributed by atoms with van der Waals surface area (Å²) < 4.78 is 7.81. The molecule has 0 aliphatic rings. The first-order valence-corrected chi connectivity index (χ1v) is 10.9. The summed E-state index contributed by atoms with van der Waals surface area (Å²) in [5.41, 5.74) is 2.99. The van der Waals surface area contributed by atoms with E-state index in [1.54, 1.807) is 0 Å². The lowest BCUT2D eigenvalue weighted by Crippen LogP contribution is -2.38. The molecule has 166 valence electrons. The van der Waals surface area contributed by atoms with Crippen LogP contribution in [-0.4, -0.2) is 46.4 Å². The Balaban J connectivity index is 1.48. The highest BCUT2D eigenvalue weighted by molar-refractivity contribution is 5.79. The summed E-state index contributed by atoms with van der Waals surface area (Å²) in [4.78, 5) is 8.97. The fourth-order valence-electron chi connectivity index (χ4n) is 3.31. The summed E-state index contributed by atoms with van der Waals surface area (Å²) in [6.07, 6.45) is 2.28. The predicted molar refractivity (Wildman–Crippen MR) is 125 cm³/mol. The number of fused-ring (bicyclic) bond motifs is 1. The Morgan fingerprint density at radius 3 is 2.65 bits per heavy atom. The molecule has 3 rings (SSSR count). The number of aryl methyl sites for hydroxylation is 1. The van der Waals surface area contributed by atoms with E-state index in [1.807, 2.05) is 69.6 Å². The van der Waals surface area contributed by atoms with Crippen molar-refractivity contribution in [2.75, 3.05) is 19.6 Å². The number of nitrogens with one attached hydrogen (secondary N) is 2. The second kappa shape index (κ2) is 11.4. The molecule has 0 fully saturated rings. The molecular weight excluding hydrogens is 390 g/mol. The van der Waals surface area contributed by atoms with Gasteiger partial charge in [0.1, 0.15) is 5.75 Å². The summed E-state index contributed by atoms with van der Waals surface area (Å²) in [6.45, 7) is 8.70. The van der Waals surface area contributed by atoms with Gasteiger partial charge in [-0.15, -0.1) is 0 Å². The van der Waals surface area contributed by atoms with E-state index in [-0.39, 0.29) is 12.6 Å². The fourth-order valence-corrected chi connectivity index (χ4v) is 3.31. The molecule has 0 spiro atoms. The van der Waals surface area contributed by atoms with E-state index in [0.29, 0.717) is 5.96 Å². The number of aliphatic hydroxyl groups excluding tert-OH is 1. The molecule has 1 unspecified atom stereocenters. The molecule has 2 aromatic carbocycles. The van der Waals surface area contributed by atoms with E-state index in [4.69, 9.17) is 4.74 Å². The molecule has 7 nitrogen and oxygen atoms in total. The van der Waals surface area contributed by atoms with Gasteiger partial charge in [-0.1, -0.05) is 24.3 Å². The normalized spacial score (nSPS) is 12.9. The fraction of sp³-hybridized carbons (Fsp3) is 0.417. The Labute approximate surface area is 184 Å². The number of aliphatic imine (C=N–C) groups is 1. The lowest BCUT2D eigenvalue weighted by Gasteiger charge is -2.14. The van der Waals surface area contributed by atoms with Crippen LogP contribution >= 0.6 is 0 Å². The van der Waals surface area contributed by atoms with Crippen molar-refractivity contribution in [3.8, 4) is 5.75 Å². The number of aromatic nitrogens is 2. The Morgan fingerprint density at radius 2 is 1.90 bits per heavy atom. The van der Waals surface area contributed by atoms with Crippen LogP contribution in [0.4, 0.5) is 0 Å². The van der Waals surface area contributed by atoms with Gasteiger partial charge in [0.2, 0.25) is 0 Å². The van der Waals surface area contributed by atoms with Gasteiger partial charge in [0.15, 0.2) is 5.96 Å². The van der Waals surface area contributed by atoms with Gasteiger partial charge >= 0.3 is 0 Å². The van der Waals surface area contributed by atoms with Crippen molar-refractivity contribution in [2.45, 2.75) is 45.9 Å². The second-order valence-electron chi connectivity index (χ2n) is 7.68. The Hall–Kier alpha value is -3.06. The van der Waals surface area contributed by atoms with Crippen LogP contribution in [0.5, 0.6) is 5.75 Å². The number of rotatable bonds is 10. The molecule has 31 heavy (non-hydrogen) atoms. The zero-order valence-corrected chi connectivity index (χ0v) is 18.6. The van der Waals surface area contributed by atoms with E-state index < -0.39 is 6.10 Å². The standard InChI is InChI=1S/C24H33N5O2/c1-4-25-24(26-14-7-15-29-17-28-21-8-5-6-9-22(21)29)27-16-23(30)19-10-12-20(13-11-19)31-18(2)3/h5-6,8-13,17-18,23,30H,4,7,14-16H2,1-3H3,(H2,25,26,27). The third kappa shape index (κ3) is 6.72. The molecule has 0 bridgehead atoms. The maximum absolute atomic E-state index is 10.5. The Kier molecular flexibility index (Phi) is 8.29. The molecule has 1 aromatic heterocycles.